The Morgan fingerprint density at radius 1 is 1.15 bits per heavy atom. The molecular formula is C17H25F2N. The Labute approximate surface area is 120 Å². The predicted molar refractivity (Wildman–Crippen MR) is 78.5 cm³/mol. The lowest BCUT2D eigenvalue weighted by atomic mass is 9.81. The monoisotopic (exact) mass is 281 g/mol. The first kappa shape index (κ1) is 15.4. The minimum absolute atomic E-state index is 0.144. The quantitative estimate of drug-likeness (QED) is 0.815. The van der Waals surface area contributed by atoms with Crippen LogP contribution in [0.15, 0.2) is 18.2 Å². The molecule has 1 aliphatic rings. The number of rotatable bonds is 5. The molecule has 0 radical (unpaired) electrons. The van der Waals surface area contributed by atoms with Gasteiger partial charge in [0.1, 0.15) is 11.6 Å². The van der Waals surface area contributed by atoms with Crippen LogP contribution in [0.3, 0.4) is 0 Å². The summed E-state index contributed by atoms with van der Waals surface area (Å²) in [5.74, 6) is 0.862. The van der Waals surface area contributed by atoms with Crippen LogP contribution in [0.25, 0.3) is 0 Å². The molecule has 0 saturated heterocycles. The van der Waals surface area contributed by atoms with Crippen LogP contribution in [0, 0.1) is 23.5 Å². The van der Waals surface area contributed by atoms with Crippen molar-refractivity contribution in [2.45, 2.75) is 52.0 Å². The van der Waals surface area contributed by atoms with E-state index in [0.29, 0.717) is 11.5 Å². The zero-order valence-electron chi connectivity index (χ0n) is 12.5. The summed E-state index contributed by atoms with van der Waals surface area (Å²) >= 11 is 0. The van der Waals surface area contributed by atoms with Crippen molar-refractivity contribution in [2.24, 2.45) is 11.8 Å². The number of halogens is 2. The van der Waals surface area contributed by atoms with Crippen LogP contribution < -0.4 is 5.32 Å². The van der Waals surface area contributed by atoms with Gasteiger partial charge in [0.15, 0.2) is 0 Å². The summed E-state index contributed by atoms with van der Waals surface area (Å²) in [5.41, 5.74) is 0.423. The maximum Gasteiger partial charge on any atom is 0.128 e. The fraction of sp³-hybridized carbons (Fsp3) is 0.647. The van der Waals surface area contributed by atoms with Crippen molar-refractivity contribution < 1.29 is 8.78 Å². The van der Waals surface area contributed by atoms with Gasteiger partial charge >= 0.3 is 0 Å². The molecule has 1 aromatic rings. The third-order valence-electron chi connectivity index (χ3n) is 4.68. The van der Waals surface area contributed by atoms with E-state index in [0.717, 1.165) is 18.5 Å². The van der Waals surface area contributed by atoms with Gasteiger partial charge in [-0.15, -0.1) is 0 Å². The molecule has 1 N–H and O–H groups in total. The van der Waals surface area contributed by atoms with Crippen LogP contribution >= 0.6 is 0 Å². The van der Waals surface area contributed by atoms with Gasteiger partial charge in [0.2, 0.25) is 0 Å². The average Bonchev–Trinajstić information content (AvgIpc) is 2.47. The largest absolute Gasteiger partial charge is 0.310 e. The van der Waals surface area contributed by atoms with Gasteiger partial charge in [-0.25, -0.2) is 8.78 Å². The fourth-order valence-electron chi connectivity index (χ4n) is 3.14. The second-order valence-electron chi connectivity index (χ2n) is 6.09. The standard InChI is InChI=1S/C17H25F2N/c1-3-13-4-6-14(7-5-13)11-20-12(2)16-10-15(18)8-9-17(16)19/h8-10,12-14,20H,3-7,11H2,1-2H3. The lowest BCUT2D eigenvalue weighted by molar-refractivity contribution is 0.257. The lowest BCUT2D eigenvalue weighted by Gasteiger charge is -2.29. The molecule has 3 heteroatoms. The van der Waals surface area contributed by atoms with Crippen molar-refractivity contribution in [1.29, 1.82) is 0 Å². The van der Waals surface area contributed by atoms with E-state index in [2.05, 4.69) is 12.2 Å². The summed E-state index contributed by atoms with van der Waals surface area (Å²) in [5, 5.41) is 3.36. The van der Waals surface area contributed by atoms with E-state index < -0.39 is 0 Å². The number of hydrogen-bond acceptors (Lipinski definition) is 1. The van der Waals surface area contributed by atoms with Crippen molar-refractivity contribution in [3.05, 3.63) is 35.4 Å². The van der Waals surface area contributed by atoms with Gasteiger partial charge in [0.25, 0.3) is 0 Å². The minimum atomic E-state index is -0.376. The first-order valence-electron chi connectivity index (χ1n) is 7.78. The lowest BCUT2D eigenvalue weighted by Crippen LogP contribution is -2.29. The molecule has 1 aromatic carbocycles. The van der Waals surface area contributed by atoms with Crippen molar-refractivity contribution in [3.63, 3.8) is 0 Å². The molecule has 0 aliphatic heterocycles. The molecule has 1 unspecified atom stereocenters. The number of benzene rings is 1. The SMILES string of the molecule is CCC1CCC(CNC(C)c2cc(F)ccc2F)CC1. The van der Waals surface area contributed by atoms with E-state index in [4.69, 9.17) is 0 Å². The first-order chi connectivity index (χ1) is 9.60. The number of hydrogen-bond donors (Lipinski definition) is 1. The molecule has 0 aromatic heterocycles. The molecule has 2 rings (SSSR count). The average molecular weight is 281 g/mol. The molecular weight excluding hydrogens is 256 g/mol. The predicted octanol–water partition coefficient (Wildman–Crippen LogP) is 4.83. The van der Waals surface area contributed by atoms with E-state index in [1.54, 1.807) is 0 Å². The molecule has 20 heavy (non-hydrogen) atoms. The highest BCUT2D eigenvalue weighted by Gasteiger charge is 2.21. The molecule has 0 bridgehead atoms. The molecule has 1 aliphatic carbocycles. The van der Waals surface area contributed by atoms with Gasteiger partial charge in [-0.2, -0.15) is 0 Å². The topological polar surface area (TPSA) is 12.0 Å². The molecule has 1 fully saturated rings. The maximum atomic E-state index is 13.7. The second kappa shape index (κ2) is 7.16. The Morgan fingerprint density at radius 3 is 2.45 bits per heavy atom. The highest BCUT2D eigenvalue weighted by atomic mass is 19.1. The van der Waals surface area contributed by atoms with E-state index in [-0.39, 0.29) is 17.7 Å². The zero-order valence-corrected chi connectivity index (χ0v) is 12.5. The van der Waals surface area contributed by atoms with Crippen molar-refractivity contribution in [3.8, 4) is 0 Å². The van der Waals surface area contributed by atoms with Crippen molar-refractivity contribution >= 4 is 0 Å². The van der Waals surface area contributed by atoms with Crippen LogP contribution in [0.4, 0.5) is 8.78 Å². The highest BCUT2D eigenvalue weighted by molar-refractivity contribution is 5.21. The van der Waals surface area contributed by atoms with E-state index >= 15 is 0 Å². The van der Waals surface area contributed by atoms with Gasteiger partial charge in [-0.1, -0.05) is 26.2 Å². The Kier molecular flexibility index (Phi) is 5.53. The molecule has 1 nitrogen and oxygen atoms in total. The van der Waals surface area contributed by atoms with Crippen LogP contribution in [-0.2, 0) is 0 Å². The normalized spacial score (nSPS) is 24.6. The minimum Gasteiger partial charge on any atom is -0.310 e. The smallest absolute Gasteiger partial charge is 0.128 e. The fourth-order valence-corrected chi connectivity index (χ4v) is 3.14. The van der Waals surface area contributed by atoms with Gasteiger partial charge in [-0.05, 0) is 56.3 Å². The summed E-state index contributed by atoms with van der Waals surface area (Å²) in [6.07, 6.45) is 6.41. The Bertz CT molecular complexity index is 425. The molecule has 0 spiro atoms. The van der Waals surface area contributed by atoms with Gasteiger partial charge in [-0.3, -0.25) is 0 Å². The van der Waals surface area contributed by atoms with Crippen LogP contribution in [0.5, 0.6) is 0 Å². The van der Waals surface area contributed by atoms with Gasteiger partial charge in [0.05, 0.1) is 0 Å². The number of nitrogens with one attached hydrogen (secondary N) is 1. The third-order valence-corrected chi connectivity index (χ3v) is 4.68. The summed E-state index contributed by atoms with van der Waals surface area (Å²) in [6.45, 7) is 5.06. The summed E-state index contributed by atoms with van der Waals surface area (Å²) in [7, 11) is 0. The van der Waals surface area contributed by atoms with E-state index in [1.165, 1.54) is 44.2 Å². The zero-order chi connectivity index (χ0) is 14.5. The van der Waals surface area contributed by atoms with Gasteiger partial charge in [0, 0.05) is 11.6 Å². The second-order valence-corrected chi connectivity index (χ2v) is 6.09. The molecule has 112 valence electrons. The van der Waals surface area contributed by atoms with Gasteiger partial charge < -0.3 is 5.32 Å². The molecule has 1 atom stereocenters. The Balaban J connectivity index is 1.83. The van der Waals surface area contributed by atoms with E-state index in [9.17, 15) is 8.78 Å². The van der Waals surface area contributed by atoms with Crippen LogP contribution in [0.2, 0.25) is 0 Å². The van der Waals surface area contributed by atoms with Crippen molar-refractivity contribution in [2.75, 3.05) is 6.54 Å². The summed E-state index contributed by atoms with van der Waals surface area (Å²) < 4.78 is 26.9. The Morgan fingerprint density at radius 2 is 1.80 bits per heavy atom. The van der Waals surface area contributed by atoms with Crippen LogP contribution in [-0.4, -0.2) is 6.54 Å². The van der Waals surface area contributed by atoms with Crippen LogP contribution in [0.1, 0.15) is 57.6 Å². The Hall–Kier alpha value is -0.960. The molecule has 0 amide bonds. The van der Waals surface area contributed by atoms with Crippen molar-refractivity contribution in [1.82, 2.24) is 5.32 Å². The molecule has 0 heterocycles. The highest BCUT2D eigenvalue weighted by Crippen LogP contribution is 2.30. The first-order valence-corrected chi connectivity index (χ1v) is 7.78. The molecule has 1 saturated carbocycles. The summed E-state index contributed by atoms with van der Waals surface area (Å²) in [4.78, 5) is 0. The third kappa shape index (κ3) is 4.02. The van der Waals surface area contributed by atoms with E-state index in [1.807, 2.05) is 6.92 Å². The maximum absolute atomic E-state index is 13.7. The summed E-state index contributed by atoms with van der Waals surface area (Å²) in [6, 6.07) is 3.52.